The molecule has 0 aliphatic carbocycles. The Kier molecular flexibility index (Phi) is 11.6. The minimum atomic E-state index is -0.329. The minimum absolute atomic E-state index is 0.102. The average Bonchev–Trinajstić information content (AvgIpc) is 2.38. The van der Waals surface area contributed by atoms with E-state index in [0.717, 1.165) is 19.3 Å². The van der Waals surface area contributed by atoms with Gasteiger partial charge in [-0.25, -0.2) is 0 Å². The molecule has 0 fully saturated rings. The van der Waals surface area contributed by atoms with Crippen molar-refractivity contribution in [1.82, 2.24) is 0 Å². The molecule has 0 aromatic heterocycles. The van der Waals surface area contributed by atoms with Gasteiger partial charge in [-0.3, -0.25) is 9.59 Å². The summed E-state index contributed by atoms with van der Waals surface area (Å²) in [6, 6.07) is 0. The highest BCUT2D eigenvalue weighted by Gasteiger charge is 2.07. The van der Waals surface area contributed by atoms with Crippen LogP contribution in [0.3, 0.4) is 0 Å². The second-order valence-electron chi connectivity index (χ2n) is 5.50. The second-order valence-corrected chi connectivity index (χ2v) is 5.50. The molecule has 0 aromatic rings. The van der Waals surface area contributed by atoms with Crippen molar-refractivity contribution in [3.63, 3.8) is 0 Å². The number of hydrogen-bond donors (Lipinski definition) is 1. The first-order valence-corrected chi connectivity index (χ1v) is 7.78. The van der Waals surface area contributed by atoms with E-state index in [1.165, 1.54) is 0 Å². The summed E-state index contributed by atoms with van der Waals surface area (Å²) in [6.07, 6.45) is 5.11. The Morgan fingerprint density at radius 1 is 1.00 bits per heavy atom. The van der Waals surface area contributed by atoms with Crippen molar-refractivity contribution < 1.29 is 19.4 Å². The van der Waals surface area contributed by atoms with Crippen molar-refractivity contribution in [3.8, 4) is 0 Å². The Morgan fingerprint density at radius 2 is 1.60 bits per heavy atom. The molecule has 0 bridgehead atoms. The molecule has 0 rings (SSSR count). The fraction of sp³-hybridized carbons (Fsp3) is 0.875. The summed E-state index contributed by atoms with van der Waals surface area (Å²) in [5, 5.41) is 9.09. The van der Waals surface area contributed by atoms with Crippen LogP contribution in [-0.2, 0) is 14.3 Å². The number of aliphatic hydroxyl groups is 1. The van der Waals surface area contributed by atoms with Crippen molar-refractivity contribution in [1.29, 1.82) is 0 Å². The van der Waals surface area contributed by atoms with Gasteiger partial charge in [0.2, 0.25) is 0 Å². The highest BCUT2D eigenvalue weighted by molar-refractivity contribution is 5.78. The van der Waals surface area contributed by atoms with Crippen LogP contribution < -0.4 is 0 Å². The monoisotopic (exact) mass is 286 g/mol. The summed E-state index contributed by atoms with van der Waals surface area (Å²) in [7, 11) is 0. The molecule has 20 heavy (non-hydrogen) atoms. The maximum atomic E-state index is 11.5. The molecule has 0 aromatic carbocycles. The molecule has 4 heteroatoms. The zero-order valence-corrected chi connectivity index (χ0v) is 13.2. The zero-order valence-electron chi connectivity index (χ0n) is 13.2. The summed E-state index contributed by atoms with van der Waals surface area (Å²) in [5.41, 5.74) is 0. The van der Waals surface area contributed by atoms with Gasteiger partial charge < -0.3 is 9.84 Å². The highest BCUT2D eigenvalue weighted by atomic mass is 16.5. The maximum absolute atomic E-state index is 11.5. The minimum Gasteiger partial charge on any atom is -0.393 e. The van der Waals surface area contributed by atoms with Crippen molar-refractivity contribution in [2.75, 3.05) is 6.61 Å². The molecular weight excluding hydrogens is 256 g/mol. The van der Waals surface area contributed by atoms with Crippen LogP contribution in [0.25, 0.3) is 0 Å². The topological polar surface area (TPSA) is 63.6 Å². The molecule has 0 amide bonds. The van der Waals surface area contributed by atoms with Gasteiger partial charge in [0.1, 0.15) is 11.6 Å². The van der Waals surface area contributed by atoms with Gasteiger partial charge in [-0.15, -0.1) is 0 Å². The number of aliphatic hydroxyl groups excluding tert-OH is 1. The second kappa shape index (κ2) is 12.0. The predicted molar refractivity (Wildman–Crippen MR) is 79.7 cm³/mol. The molecule has 0 saturated heterocycles. The summed E-state index contributed by atoms with van der Waals surface area (Å²) in [6.45, 7) is 6.05. The van der Waals surface area contributed by atoms with Crippen LogP contribution >= 0.6 is 0 Å². The van der Waals surface area contributed by atoms with Gasteiger partial charge in [0.05, 0.1) is 18.8 Å². The summed E-state index contributed by atoms with van der Waals surface area (Å²) >= 11 is 0. The van der Waals surface area contributed by atoms with Crippen molar-refractivity contribution in [2.24, 2.45) is 0 Å². The highest BCUT2D eigenvalue weighted by Crippen LogP contribution is 2.08. The third-order valence-corrected chi connectivity index (χ3v) is 3.32. The van der Waals surface area contributed by atoms with E-state index >= 15 is 0 Å². The molecule has 118 valence electrons. The SMILES string of the molecule is CCC(=O)CCCC(C)OCCC(=O)CCCC(C)O. The Morgan fingerprint density at radius 3 is 2.20 bits per heavy atom. The number of rotatable bonds is 13. The van der Waals surface area contributed by atoms with E-state index in [-0.39, 0.29) is 18.0 Å². The number of carbonyl (C=O) groups excluding carboxylic acids is 2. The number of ketones is 2. The number of Topliss-reactive ketones (excluding diaryl/α,β-unsaturated/α-hetero) is 2. The van der Waals surface area contributed by atoms with Gasteiger partial charge in [0.25, 0.3) is 0 Å². The van der Waals surface area contributed by atoms with Crippen molar-refractivity contribution >= 4 is 11.6 Å². The van der Waals surface area contributed by atoms with E-state index in [2.05, 4.69) is 0 Å². The third kappa shape index (κ3) is 12.3. The fourth-order valence-corrected chi connectivity index (χ4v) is 1.94. The van der Waals surface area contributed by atoms with E-state index in [1.54, 1.807) is 6.92 Å². The van der Waals surface area contributed by atoms with E-state index < -0.39 is 0 Å². The van der Waals surface area contributed by atoms with Crippen LogP contribution in [-0.4, -0.2) is 35.5 Å². The summed E-state index contributed by atoms with van der Waals surface area (Å²) < 4.78 is 5.57. The number of carbonyl (C=O) groups is 2. The molecule has 0 aliphatic rings. The Bertz CT molecular complexity index is 274. The van der Waals surface area contributed by atoms with Gasteiger partial charge in [-0.1, -0.05) is 6.92 Å². The Hall–Kier alpha value is -0.740. The molecule has 0 radical (unpaired) electrons. The molecular formula is C16H30O4. The summed E-state index contributed by atoms with van der Waals surface area (Å²) in [5.74, 6) is 0.490. The molecule has 1 N–H and O–H groups in total. The average molecular weight is 286 g/mol. The van der Waals surface area contributed by atoms with Gasteiger partial charge in [0.15, 0.2) is 0 Å². The van der Waals surface area contributed by atoms with Gasteiger partial charge in [0, 0.05) is 25.7 Å². The molecule has 0 spiro atoms. The molecule has 2 unspecified atom stereocenters. The normalized spacial score (nSPS) is 14.0. The first-order chi connectivity index (χ1) is 9.45. The quantitative estimate of drug-likeness (QED) is 0.565. The van der Waals surface area contributed by atoms with Gasteiger partial charge in [-0.2, -0.15) is 0 Å². The van der Waals surface area contributed by atoms with Gasteiger partial charge in [-0.05, 0) is 39.5 Å². The van der Waals surface area contributed by atoms with Crippen LogP contribution in [0.15, 0.2) is 0 Å². The van der Waals surface area contributed by atoms with Crippen LogP contribution in [0.5, 0.6) is 0 Å². The molecule has 2 atom stereocenters. The summed E-state index contributed by atoms with van der Waals surface area (Å²) in [4.78, 5) is 22.7. The van der Waals surface area contributed by atoms with E-state index in [1.807, 2.05) is 13.8 Å². The number of hydrogen-bond acceptors (Lipinski definition) is 4. The molecule has 0 heterocycles. The predicted octanol–water partition coefficient (Wildman–Crippen LogP) is 3.05. The number of ether oxygens (including phenoxy) is 1. The zero-order chi connectivity index (χ0) is 15.4. The Labute approximate surface area is 122 Å². The van der Waals surface area contributed by atoms with Crippen LogP contribution in [0, 0.1) is 0 Å². The molecule has 0 saturated carbocycles. The van der Waals surface area contributed by atoms with E-state index in [9.17, 15) is 9.59 Å². The standard InChI is InChI=1S/C16H30O4/c1-4-15(18)9-6-8-14(3)20-12-11-16(19)10-5-7-13(2)17/h13-14,17H,4-12H2,1-3H3. The first-order valence-electron chi connectivity index (χ1n) is 7.78. The first kappa shape index (κ1) is 19.3. The smallest absolute Gasteiger partial charge is 0.135 e. The van der Waals surface area contributed by atoms with E-state index in [4.69, 9.17) is 9.84 Å². The lowest BCUT2D eigenvalue weighted by atomic mass is 10.1. The van der Waals surface area contributed by atoms with E-state index in [0.29, 0.717) is 44.5 Å². The molecule has 4 nitrogen and oxygen atoms in total. The maximum Gasteiger partial charge on any atom is 0.135 e. The van der Waals surface area contributed by atoms with Crippen molar-refractivity contribution in [2.45, 2.75) is 84.3 Å². The Balaban J connectivity index is 3.48. The van der Waals surface area contributed by atoms with Crippen LogP contribution in [0.4, 0.5) is 0 Å². The largest absolute Gasteiger partial charge is 0.393 e. The van der Waals surface area contributed by atoms with Crippen LogP contribution in [0.1, 0.15) is 72.1 Å². The van der Waals surface area contributed by atoms with Crippen molar-refractivity contribution in [3.05, 3.63) is 0 Å². The lowest BCUT2D eigenvalue weighted by Gasteiger charge is -2.12. The third-order valence-electron chi connectivity index (χ3n) is 3.32. The lowest BCUT2D eigenvalue weighted by Crippen LogP contribution is -2.13. The van der Waals surface area contributed by atoms with Crippen LogP contribution in [0.2, 0.25) is 0 Å². The lowest BCUT2D eigenvalue weighted by molar-refractivity contribution is -0.120. The van der Waals surface area contributed by atoms with Gasteiger partial charge >= 0.3 is 0 Å². The molecule has 0 aliphatic heterocycles. The fourth-order valence-electron chi connectivity index (χ4n) is 1.94.